The van der Waals surface area contributed by atoms with Gasteiger partial charge in [0.2, 0.25) is 5.91 Å². The molecule has 5 N–H and O–H groups in total. The molecule has 3 heterocycles. The van der Waals surface area contributed by atoms with Gasteiger partial charge in [0.1, 0.15) is 17.2 Å². The van der Waals surface area contributed by atoms with Crippen molar-refractivity contribution in [3.05, 3.63) is 130 Å². The third kappa shape index (κ3) is 8.88. The highest BCUT2D eigenvalue weighted by molar-refractivity contribution is 9.10. The second-order valence-electron chi connectivity index (χ2n) is 14.1. The van der Waals surface area contributed by atoms with Gasteiger partial charge in [0.05, 0.1) is 24.3 Å². The summed E-state index contributed by atoms with van der Waals surface area (Å²) in [6.07, 6.45) is 4.07. The third-order valence-electron chi connectivity index (χ3n) is 9.58. The number of carbonyl (C=O) groups excluding carboxylic acids is 1. The third-order valence-corrected chi connectivity index (χ3v) is 10.2. The van der Waals surface area contributed by atoms with Gasteiger partial charge in [-0.05, 0) is 92.5 Å². The number of hydrogen-bond donors (Lipinski definition) is 3. The topological polar surface area (TPSA) is 109 Å². The van der Waals surface area contributed by atoms with Crippen molar-refractivity contribution in [2.45, 2.75) is 58.8 Å². The summed E-state index contributed by atoms with van der Waals surface area (Å²) in [6, 6.07) is 29.0. The van der Waals surface area contributed by atoms with E-state index in [1.165, 1.54) is 33.9 Å². The molecule has 0 bridgehead atoms. The van der Waals surface area contributed by atoms with Crippen LogP contribution in [0, 0.1) is 0 Å². The van der Waals surface area contributed by atoms with Gasteiger partial charge >= 0.3 is 0 Å². The fourth-order valence-corrected chi connectivity index (χ4v) is 7.35. The van der Waals surface area contributed by atoms with E-state index in [2.05, 4.69) is 104 Å². The van der Waals surface area contributed by atoms with Gasteiger partial charge in [-0.25, -0.2) is 0 Å². The zero-order valence-electron chi connectivity index (χ0n) is 30.9. The number of nitrogen functional groups attached to an aromatic ring is 2. The molecule has 8 heteroatoms. The van der Waals surface area contributed by atoms with Crippen LogP contribution in [0.1, 0.15) is 67.3 Å². The van der Waals surface area contributed by atoms with Crippen molar-refractivity contribution in [1.29, 1.82) is 0 Å². The number of carbonyl (C=O) groups is 1. The zero-order chi connectivity index (χ0) is 37.6. The lowest BCUT2D eigenvalue weighted by atomic mass is 9.96. The van der Waals surface area contributed by atoms with E-state index < -0.39 is 0 Å². The van der Waals surface area contributed by atoms with Gasteiger partial charge in [-0.3, -0.25) is 4.79 Å². The Labute approximate surface area is 321 Å². The maximum Gasteiger partial charge on any atom is 0.247 e. The van der Waals surface area contributed by atoms with Crippen molar-refractivity contribution in [1.82, 2.24) is 0 Å². The molecule has 0 aliphatic carbocycles. The molecular weight excluding hydrogens is 726 g/mol. The van der Waals surface area contributed by atoms with Gasteiger partial charge in [-0.1, -0.05) is 82.8 Å². The van der Waals surface area contributed by atoms with Crippen molar-refractivity contribution in [2.24, 2.45) is 0 Å². The molecule has 5 aromatic rings. The van der Waals surface area contributed by atoms with Crippen LogP contribution in [-0.4, -0.2) is 25.7 Å². The summed E-state index contributed by atoms with van der Waals surface area (Å²) in [5, 5.41) is 2.85. The van der Waals surface area contributed by atoms with Gasteiger partial charge in [0.15, 0.2) is 0 Å². The van der Waals surface area contributed by atoms with E-state index >= 15 is 0 Å². The molecule has 0 atom stereocenters. The Morgan fingerprint density at radius 3 is 1.58 bits per heavy atom. The number of nitrogens with one attached hydrogen (secondary N) is 1. The van der Waals surface area contributed by atoms with Crippen LogP contribution in [0.15, 0.2) is 102 Å². The highest BCUT2D eigenvalue weighted by atomic mass is 79.9. The first-order valence-electron chi connectivity index (χ1n) is 18.2. The zero-order valence-corrected chi connectivity index (χ0v) is 32.5. The largest absolute Gasteiger partial charge is 0.492 e. The summed E-state index contributed by atoms with van der Waals surface area (Å²) in [5.41, 5.74) is 24.7. The first kappa shape index (κ1) is 37.5. The lowest BCUT2D eigenvalue weighted by molar-refractivity contribution is -0.111. The number of benzene rings is 5. The molecule has 0 saturated heterocycles. The van der Waals surface area contributed by atoms with Crippen molar-refractivity contribution >= 4 is 38.9 Å². The van der Waals surface area contributed by atoms with Crippen molar-refractivity contribution < 1.29 is 19.0 Å². The van der Waals surface area contributed by atoms with Gasteiger partial charge in [0.25, 0.3) is 0 Å². The van der Waals surface area contributed by atoms with E-state index in [4.69, 9.17) is 25.7 Å². The number of ether oxygens (including phenoxy) is 3. The number of fused-ring (bicyclic) bond motifs is 3. The number of rotatable bonds is 6. The minimum absolute atomic E-state index is 0.204. The molecule has 0 saturated carbocycles. The minimum atomic E-state index is -0.204. The van der Waals surface area contributed by atoms with Gasteiger partial charge in [-0.15, -0.1) is 0 Å². The summed E-state index contributed by atoms with van der Waals surface area (Å²) >= 11 is 3.39. The minimum Gasteiger partial charge on any atom is -0.492 e. The first-order chi connectivity index (χ1) is 25.5. The summed E-state index contributed by atoms with van der Waals surface area (Å²) in [6.45, 7) is 14.5. The molecule has 5 aromatic carbocycles. The molecule has 3 aliphatic heterocycles. The molecule has 0 aromatic heterocycles. The van der Waals surface area contributed by atoms with E-state index in [-0.39, 0.29) is 5.91 Å². The van der Waals surface area contributed by atoms with Crippen LogP contribution in [-0.2, 0) is 24.1 Å². The van der Waals surface area contributed by atoms with Crippen LogP contribution in [0.3, 0.4) is 0 Å². The fourth-order valence-electron chi connectivity index (χ4n) is 6.71. The van der Waals surface area contributed by atoms with E-state index in [9.17, 15) is 4.79 Å². The molecule has 1 amide bonds. The first-order valence-corrected chi connectivity index (χ1v) is 19.0. The summed E-state index contributed by atoms with van der Waals surface area (Å²) < 4.78 is 17.9. The Bertz CT molecular complexity index is 2110. The van der Waals surface area contributed by atoms with Crippen molar-refractivity contribution in [3.63, 3.8) is 0 Å². The summed E-state index contributed by atoms with van der Waals surface area (Å²) in [5.74, 6) is 3.75. The van der Waals surface area contributed by atoms with E-state index in [0.717, 1.165) is 93.5 Å². The summed E-state index contributed by atoms with van der Waals surface area (Å²) in [7, 11) is 0. The lowest BCUT2D eigenvalue weighted by Gasteiger charge is -2.13. The van der Waals surface area contributed by atoms with Gasteiger partial charge in [0, 0.05) is 64.1 Å². The standard InChI is InChI=1S/C20H21NO2.C17H19NO.C8H8BrNO/c1-4-19(22)21-17-11-16-9-10-23-20(16)18(12-17)15-7-5-14(6-8-15)13(2)3;1-11(2)12-3-5-13(6-4-12)16-10-15(18)9-14-7-8-19-17(14)16;9-7-4-6(10)3-5-1-2-11-8(5)7/h4-8,11-13H,1,9-10H2,2-3H3,(H,21,22);3-6,9-11H,7-8,18H2,1-2H3;3-4H,1-2,10H2. The Morgan fingerprint density at radius 2 is 1.09 bits per heavy atom. The SMILES string of the molecule is C=CC(=O)Nc1cc2c(c(-c3ccc(C(C)C)cc3)c1)OCC2.CC(C)c1ccc(-c2cc(N)cc3c2OCC3)cc1.Nc1cc(Br)c2c(c1)CCO2. The Hall–Kier alpha value is -5.21. The highest BCUT2D eigenvalue weighted by Crippen LogP contribution is 2.41. The molecule has 0 fully saturated rings. The second-order valence-corrected chi connectivity index (χ2v) is 15.0. The molecular formula is C45H48BrN3O4. The monoisotopic (exact) mass is 773 g/mol. The maximum absolute atomic E-state index is 11.6. The van der Waals surface area contributed by atoms with Gasteiger partial charge in [-0.2, -0.15) is 0 Å². The fraction of sp³-hybridized carbons (Fsp3) is 0.267. The van der Waals surface area contributed by atoms with Crippen molar-refractivity contribution in [2.75, 3.05) is 36.6 Å². The molecule has 53 heavy (non-hydrogen) atoms. The molecule has 0 unspecified atom stereocenters. The van der Waals surface area contributed by atoms with Crippen LogP contribution in [0.2, 0.25) is 0 Å². The van der Waals surface area contributed by atoms with Crippen LogP contribution in [0.25, 0.3) is 22.3 Å². The van der Waals surface area contributed by atoms with Crippen molar-refractivity contribution in [3.8, 4) is 39.5 Å². The van der Waals surface area contributed by atoms with Crippen LogP contribution in [0.5, 0.6) is 17.2 Å². The average molecular weight is 775 g/mol. The van der Waals surface area contributed by atoms with Crippen LogP contribution in [0.4, 0.5) is 17.1 Å². The smallest absolute Gasteiger partial charge is 0.247 e. The Morgan fingerprint density at radius 1 is 0.660 bits per heavy atom. The molecule has 274 valence electrons. The normalized spacial score (nSPS) is 13.3. The number of halogens is 1. The lowest BCUT2D eigenvalue weighted by Crippen LogP contribution is -2.07. The predicted molar refractivity (Wildman–Crippen MR) is 221 cm³/mol. The predicted octanol–water partition coefficient (Wildman–Crippen LogP) is 10.5. The van der Waals surface area contributed by atoms with E-state index in [1.807, 2.05) is 36.4 Å². The number of hydrogen-bond acceptors (Lipinski definition) is 6. The molecule has 3 aliphatic rings. The summed E-state index contributed by atoms with van der Waals surface area (Å²) in [4.78, 5) is 11.6. The Balaban J connectivity index is 0.000000144. The number of amides is 1. The molecule has 7 nitrogen and oxygen atoms in total. The number of anilines is 3. The van der Waals surface area contributed by atoms with E-state index in [0.29, 0.717) is 18.4 Å². The van der Waals surface area contributed by atoms with Crippen LogP contribution >= 0.6 is 15.9 Å². The highest BCUT2D eigenvalue weighted by Gasteiger charge is 2.21. The molecule has 0 spiro atoms. The molecule has 8 rings (SSSR count). The quantitative estimate of drug-likeness (QED) is 0.117. The van der Waals surface area contributed by atoms with Gasteiger partial charge < -0.3 is 31.0 Å². The van der Waals surface area contributed by atoms with Crippen LogP contribution < -0.4 is 31.0 Å². The Kier molecular flexibility index (Phi) is 11.8. The molecule has 0 radical (unpaired) electrons. The maximum atomic E-state index is 11.6. The number of nitrogens with two attached hydrogens (primary N) is 2. The average Bonchev–Trinajstić information content (AvgIpc) is 3.93. The van der Waals surface area contributed by atoms with E-state index in [1.54, 1.807) is 0 Å². The second kappa shape index (κ2) is 16.6.